The molecule has 0 bridgehead atoms. The molecule has 0 amide bonds. The average molecular weight is 290 g/mol. The SMILES string of the molecule is CCCNC(CN(C)CC(C)CC)c1cc(C)ccc1C. The number of hydrogen-bond acceptors (Lipinski definition) is 2. The van der Waals surface area contributed by atoms with Gasteiger partial charge in [0, 0.05) is 19.1 Å². The molecule has 0 aliphatic heterocycles. The van der Waals surface area contributed by atoms with Gasteiger partial charge in [-0.1, -0.05) is 51.0 Å². The molecule has 2 nitrogen and oxygen atoms in total. The fourth-order valence-corrected chi connectivity index (χ4v) is 2.77. The molecule has 1 aromatic rings. The van der Waals surface area contributed by atoms with Crippen LogP contribution in [-0.2, 0) is 0 Å². The number of aryl methyl sites for hydroxylation is 2. The summed E-state index contributed by atoms with van der Waals surface area (Å²) in [6.45, 7) is 14.6. The number of nitrogens with zero attached hydrogens (tertiary/aromatic N) is 1. The van der Waals surface area contributed by atoms with E-state index in [0.717, 1.165) is 19.0 Å². The van der Waals surface area contributed by atoms with Gasteiger partial charge in [-0.05, 0) is 50.9 Å². The Labute approximate surface area is 131 Å². The van der Waals surface area contributed by atoms with Gasteiger partial charge in [0.15, 0.2) is 0 Å². The monoisotopic (exact) mass is 290 g/mol. The van der Waals surface area contributed by atoms with E-state index in [1.54, 1.807) is 0 Å². The van der Waals surface area contributed by atoms with Crippen molar-refractivity contribution >= 4 is 0 Å². The quantitative estimate of drug-likeness (QED) is 0.728. The van der Waals surface area contributed by atoms with Crippen molar-refractivity contribution in [1.82, 2.24) is 10.2 Å². The van der Waals surface area contributed by atoms with Crippen LogP contribution in [0.1, 0.15) is 56.3 Å². The summed E-state index contributed by atoms with van der Waals surface area (Å²) >= 11 is 0. The van der Waals surface area contributed by atoms with Gasteiger partial charge in [-0.2, -0.15) is 0 Å². The molecule has 0 radical (unpaired) electrons. The highest BCUT2D eigenvalue weighted by Crippen LogP contribution is 2.21. The topological polar surface area (TPSA) is 15.3 Å². The minimum Gasteiger partial charge on any atom is -0.309 e. The summed E-state index contributed by atoms with van der Waals surface area (Å²) in [5, 5.41) is 3.73. The van der Waals surface area contributed by atoms with Crippen LogP contribution in [0.4, 0.5) is 0 Å². The predicted octanol–water partition coefficient (Wildman–Crippen LogP) is 4.32. The molecule has 0 aliphatic carbocycles. The van der Waals surface area contributed by atoms with E-state index in [1.165, 1.54) is 36.1 Å². The first-order valence-electron chi connectivity index (χ1n) is 8.46. The molecule has 21 heavy (non-hydrogen) atoms. The van der Waals surface area contributed by atoms with Gasteiger partial charge in [-0.3, -0.25) is 0 Å². The number of rotatable bonds is 9. The summed E-state index contributed by atoms with van der Waals surface area (Å²) in [5.74, 6) is 0.764. The summed E-state index contributed by atoms with van der Waals surface area (Å²) in [6.07, 6.45) is 2.43. The van der Waals surface area contributed by atoms with Crippen LogP contribution in [0, 0.1) is 19.8 Å². The van der Waals surface area contributed by atoms with E-state index in [0.29, 0.717) is 6.04 Å². The molecule has 120 valence electrons. The van der Waals surface area contributed by atoms with Crippen molar-refractivity contribution in [2.24, 2.45) is 5.92 Å². The Morgan fingerprint density at radius 3 is 2.48 bits per heavy atom. The zero-order valence-electron chi connectivity index (χ0n) is 14.9. The third-order valence-corrected chi connectivity index (χ3v) is 4.27. The van der Waals surface area contributed by atoms with Crippen LogP contribution in [0.25, 0.3) is 0 Å². The zero-order chi connectivity index (χ0) is 15.8. The van der Waals surface area contributed by atoms with Crippen molar-refractivity contribution in [2.45, 2.75) is 53.5 Å². The Balaban J connectivity index is 2.82. The molecule has 1 rings (SSSR count). The second kappa shape index (κ2) is 9.22. The number of benzene rings is 1. The minimum absolute atomic E-state index is 0.430. The van der Waals surface area contributed by atoms with E-state index in [1.807, 2.05) is 0 Å². The maximum Gasteiger partial charge on any atom is 0.0451 e. The number of nitrogens with one attached hydrogen (secondary N) is 1. The van der Waals surface area contributed by atoms with Gasteiger partial charge in [0.2, 0.25) is 0 Å². The van der Waals surface area contributed by atoms with Gasteiger partial charge < -0.3 is 10.2 Å². The van der Waals surface area contributed by atoms with Crippen molar-refractivity contribution in [3.63, 3.8) is 0 Å². The molecule has 0 heterocycles. The summed E-state index contributed by atoms with van der Waals surface area (Å²) in [6, 6.07) is 7.23. The average Bonchev–Trinajstić information content (AvgIpc) is 2.45. The first-order valence-corrected chi connectivity index (χ1v) is 8.46. The molecular weight excluding hydrogens is 256 g/mol. The molecule has 0 spiro atoms. The first-order chi connectivity index (χ1) is 9.97. The maximum atomic E-state index is 3.73. The Morgan fingerprint density at radius 2 is 1.86 bits per heavy atom. The molecule has 2 heteroatoms. The lowest BCUT2D eigenvalue weighted by Crippen LogP contribution is -2.35. The molecule has 1 N–H and O–H groups in total. The minimum atomic E-state index is 0.430. The number of likely N-dealkylation sites (N-methyl/N-ethyl adjacent to an activating group) is 1. The second-order valence-electron chi connectivity index (χ2n) is 6.60. The van der Waals surface area contributed by atoms with Gasteiger partial charge in [-0.25, -0.2) is 0 Å². The van der Waals surface area contributed by atoms with E-state index in [4.69, 9.17) is 0 Å². The highest BCUT2D eigenvalue weighted by molar-refractivity contribution is 5.33. The molecule has 0 saturated heterocycles. The van der Waals surface area contributed by atoms with Gasteiger partial charge in [-0.15, -0.1) is 0 Å². The van der Waals surface area contributed by atoms with Crippen LogP contribution in [0.3, 0.4) is 0 Å². The normalized spacial score (nSPS) is 14.4. The molecular formula is C19H34N2. The Hall–Kier alpha value is -0.860. The van der Waals surface area contributed by atoms with Crippen LogP contribution < -0.4 is 5.32 Å². The Bertz CT molecular complexity index is 414. The van der Waals surface area contributed by atoms with E-state index < -0.39 is 0 Å². The zero-order valence-corrected chi connectivity index (χ0v) is 14.9. The molecule has 0 aromatic heterocycles. The summed E-state index contributed by atoms with van der Waals surface area (Å²) in [7, 11) is 2.25. The third kappa shape index (κ3) is 6.19. The highest BCUT2D eigenvalue weighted by Gasteiger charge is 2.16. The third-order valence-electron chi connectivity index (χ3n) is 4.27. The molecule has 0 aliphatic rings. The van der Waals surface area contributed by atoms with Gasteiger partial charge in [0.05, 0.1) is 0 Å². The summed E-state index contributed by atoms with van der Waals surface area (Å²) < 4.78 is 0. The van der Waals surface area contributed by atoms with E-state index >= 15 is 0 Å². The van der Waals surface area contributed by atoms with Crippen LogP contribution >= 0.6 is 0 Å². The van der Waals surface area contributed by atoms with Gasteiger partial charge >= 0.3 is 0 Å². The van der Waals surface area contributed by atoms with E-state index in [-0.39, 0.29) is 0 Å². The van der Waals surface area contributed by atoms with Crippen LogP contribution in [0.15, 0.2) is 18.2 Å². The van der Waals surface area contributed by atoms with Crippen LogP contribution in [0.5, 0.6) is 0 Å². The van der Waals surface area contributed by atoms with Gasteiger partial charge in [0.25, 0.3) is 0 Å². The van der Waals surface area contributed by atoms with E-state index in [9.17, 15) is 0 Å². The first kappa shape index (κ1) is 18.2. The Kier molecular flexibility index (Phi) is 7.98. The van der Waals surface area contributed by atoms with Crippen molar-refractivity contribution < 1.29 is 0 Å². The van der Waals surface area contributed by atoms with Crippen molar-refractivity contribution in [3.05, 3.63) is 34.9 Å². The summed E-state index contributed by atoms with van der Waals surface area (Å²) in [5.41, 5.74) is 4.20. The van der Waals surface area contributed by atoms with Crippen molar-refractivity contribution in [3.8, 4) is 0 Å². The predicted molar refractivity (Wildman–Crippen MR) is 93.9 cm³/mol. The lowest BCUT2D eigenvalue weighted by Gasteiger charge is -2.28. The highest BCUT2D eigenvalue weighted by atomic mass is 15.1. The fourth-order valence-electron chi connectivity index (χ4n) is 2.77. The molecule has 1 aromatic carbocycles. The van der Waals surface area contributed by atoms with Crippen LogP contribution in [0.2, 0.25) is 0 Å². The fraction of sp³-hybridized carbons (Fsp3) is 0.684. The molecule has 0 saturated carbocycles. The van der Waals surface area contributed by atoms with Crippen molar-refractivity contribution in [2.75, 3.05) is 26.7 Å². The van der Waals surface area contributed by atoms with Gasteiger partial charge in [0.1, 0.15) is 0 Å². The molecule has 0 fully saturated rings. The Morgan fingerprint density at radius 1 is 1.14 bits per heavy atom. The smallest absolute Gasteiger partial charge is 0.0451 e. The van der Waals surface area contributed by atoms with E-state index in [2.05, 4.69) is 70.1 Å². The lowest BCUT2D eigenvalue weighted by molar-refractivity contribution is 0.252. The van der Waals surface area contributed by atoms with Crippen molar-refractivity contribution in [1.29, 1.82) is 0 Å². The number of hydrogen-bond donors (Lipinski definition) is 1. The largest absolute Gasteiger partial charge is 0.309 e. The molecule has 2 unspecified atom stereocenters. The standard InChI is InChI=1S/C19H34N2/c1-7-11-20-19(14-21(6)13-15(3)8-2)18-12-16(4)9-10-17(18)5/h9-10,12,15,19-20H,7-8,11,13-14H2,1-6H3. The van der Waals surface area contributed by atoms with Crippen LogP contribution in [-0.4, -0.2) is 31.6 Å². The second-order valence-corrected chi connectivity index (χ2v) is 6.60. The molecule has 2 atom stereocenters. The lowest BCUT2D eigenvalue weighted by atomic mass is 9.98. The summed E-state index contributed by atoms with van der Waals surface area (Å²) in [4.78, 5) is 2.48. The maximum absolute atomic E-state index is 3.73.